The van der Waals surface area contributed by atoms with Crippen molar-refractivity contribution in [3.05, 3.63) is 49.7 Å². The summed E-state index contributed by atoms with van der Waals surface area (Å²) in [7, 11) is 0. The van der Waals surface area contributed by atoms with Gasteiger partial charge in [-0.1, -0.05) is 12.7 Å². The molecule has 1 heterocycles. The minimum absolute atomic E-state index is 0.227. The number of carbonyl (C=O) groups excluding carboxylic acids is 1. The summed E-state index contributed by atoms with van der Waals surface area (Å²) in [5, 5.41) is 8.09. The van der Waals surface area contributed by atoms with Crippen molar-refractivity contribution < 1.29 is 4.79 Å². The summed E-state index contributed by atoms with van der Waals surface area (Å²) in [4.78, 5) is 11.2. The van der Waals surface area contributed by atoms with E-state index >= 15 is 0 Å². The fourth-order valence-corrected chi connectivity index (χ4v) is 1.56. The number of anilines is 1. The zero-order valence-electron chi connectivity index (χ0n) is 9.39. The lowest BCUT2D eigenvalue weighted by Gasteiger charge is -2.00. The number of allylic oxidation sites excluding steroid dienone is 1. The maximum Gasteiger partial charge on any atom is 0.247 e. The van der Waals surface area contributed by atoms with Gasteiger partial charge in [0.1, 0.15) is 0 Å². The van der Waals surface area contributed by atoms with E-state index in [2.05, 4.69) is 23.6 Å². The van der Waals surface area contributed by atoms with Crippen LogP contribution in [0.5, 0.6) is 0 Å². The van der Waals surface area contributed by atoms with Gasteiger partial charge in [0.2, 0.25) is 5.91 Å². The first kappa shape index (κ1) is 11.1. The van der Waals surface area contributed by atoms with Crippen molar-refractivity contribution in [2.45, 2.75) is 6.54 Å². The van der Waals surface area contributed by atoms with Crippen LogP contribution >= 0.6 is 0 Å². The molecule has 1 amide bonds. The highest BCUT2D eigenvalue weighted by atomic mass is 16.1. The van der Waals surface area contributed by atoms with Crippen molar-refractivity contribution in [3.63, 3.8) is 0 Å². The average Bonchev–Trinajstić information content (AvgIpc) is 2.71. The van der Waals surface area contributed by atoms with Gasteiger partial charge >= 0.3 is 0 Å². The number of hydrogen-bond donors (Lipinski definition) is 1. The zero-order chi connectivity index (χ0) is 12.3. The Morgan fingerprint density at radius 1 is 1.47 bits per heavy atom. The Hall–Kier alpha value is -2.36. The van der Waals surface area contributed by atoms with Gasteiger partial charge < -0.3 is 5.32 Å². The summed E-state index contributed by atoms with van der Waals surface area (Å²) in [5.41, 5.74) is 1.56. The van der Waals surface area contributed by atoms with Crippen molar-refractivity contribution in [1.82, 2.24) is 9.78 Å². The number of carbonyl (C=O) groups is 1. The van der Waals surface area contributed by atoms with Gasteiger partial charge in [-0.05, 0) is 24.3 Å². The third-order valence-electron chi connectivity index (χ3n) is 2.32. The molecule has 86 valence electrons. The van der Waals surface area contributed by atoms with Crippen molar-refractivity contribution >= 4 is 22.5 Å². The van der Waals surface area contributed by atoms with Crippen LogP contribution in [0.25, 0.3) is 10.9 Å². The van der Waals surface area contributed by atoms with E-state index in [-0.39, 0.29) is 5.91 Å². The number of fused-ring (bicyclic) bond motifs is 1. The monoisotopic (exact) mass is 227 g/mol. The molecule has 1 N–H and O–H groups in total. The molecule has 0 aliphatic carbocycles. The lowest BCUT2D eigenvalue weighted by Crippen LogP contribution is -2.06. The molecule has 4 nitrogen and oxygen atoms in total. The summed E-state index contributed by atoms with van der Waals surface area (Å²) >= 11 is 0. The van der Waals surface area contributed by atoms with Crippen LogP contribution in [0.1, 0.15) is 0 Å². The van der Waals surface area contributed by atoms with E-state index in [4.69, 9.17) is 0 Å². The second kappa shape index (κ2) is 4.65. The normalized spacial score (nSPS) is 10.1. The van der Waals surface area contributed by atoms with Crippen LogP contribution in [0.3, 0.4) is 0 Å². The molecule has 4 heteroatoms. The van der Waals surface area contributed by atoms with Gasteiger partial charge in [-0.15, -0.1) is 6.58 Å². The van der Waals surface area contributed by atoms with E-state index in [1.165, 1.54) is 6.08 Å². The first-order valence-electron chi connectivity index (χ1n) is 5.24. The summed E-state index contributed by atoms with van der Waals surface area (Å²) in [6, 6.07) is 5.58. The van der Waals surface area contributed by atoms with E-state index in [0.717, 1.165) is 10.9 Å². The number of benzene rings is 1. The summed E-state index contributed by atoms with van der Waals surface area (Å²) in [5.74, 6) is -0.227. The number of hydrogen-bond acceptors (Lipinski definition) is 2. The molecule has 2 rings (SSSR count). The van der Waals surface area contributed by atoms with E-state index in [1.807, 2.05) is 24.4 Å². The Bertz CT molecular complexity index is 583. The minimum Gasteiger partial charge on any atom is -0.322 e. The van der Waals surface area contributed by atoms with Crippen LogP contribution in [0, 0.1) is 0 Å². The third kappa shape index (κ3) is 2.42. The van der Waals surface area contributed by atoms with Crippen molar-refractivity contribution in [2.24, 2.45) is 0 Å². The van der Waals surface area contributed by atoms with Crippen molar-refractivity contribution in [2.75, 3.05) is 5.32 Å². The van der Waals surface area contributed by atoms with Crippen LogP contribution in [0.2, 0.25) is 0 Å². The van der Waals surface area contributed by atoms with E-state index in [0.29, 0.717) is 12.2 Å². The molecule has 0 saturated heterocycles. The molecule has 0 saturated carbocycles. The Balaban J connectivity index is 2.32. The van der Waals surface area contributed by atoms with Gasteiger partial charge in [0.05, 0.1) is 12.1 Å². The number of aromatic nitrogens is 2. The Labute approximate surface area is 99.2 Å². The molecule has 0 spiro atoms. The topological polar surface area (TPSA) is 46.9 Å². The zero-order valence-corrected chi connectivity index (χ0v) is 9.39. The van der Waals surface area contributed by atoms with Crippen LogP contribution in [0.15, 0.2) is 49.7 Å². The SMILES string of the molecule is C=CCn1cc2ccc(NC(=O)C=C)cc2n1. The predicted octanol–water partition coefficient (Wildman–Crippen LogP) is 2.35. The molecular weight excluding hydrogens is 214 g/mol. The number of amides is 1. The summed E-state index contributed by atoms with van der Waals surface area (Å²) < 4.78 is 1.80. The maximum atomic E-state index is 11.2. The molecule has 0 aliphatic rings. The predicted molar refractivity (Wildman–Crippen MR) is 68.8 cm³/mol. The largest absolute Gasteiger partial charge is 0.322 e. The highest BCUT2D eigenvalue weighted by molar-refractivity contribution is 6.00. The van der Waals surface area contributed by atoms with Gasteiger partial charge in [-0.2, -0.15) is 5.10 Å². The highest BCUT2D eigenvalue weighted by Gasteiger charge is 2.02. The third-order valence-corrected chi connectivity index (χ3v) is 2.32. The molecule has 0 radical (unpaired) electrons. The molecule has 0 atom stereocenters. The van der Waals surface area contributed by atoms with Crippen molar-refractivity contribution in [3.8, 4) is 0 Å². The van der Waals surface area contributed by atoms with Gasteiger partial charge in [0.15, 0.2) is 0 Å². The molecule has 17 heavy (non-hydrogen) atoms. The van der Waals surface area contributed by atoms with Crippen LogP contribution in [-0.4, -0.2) is 15.7 Å². The second-order valence-electron chi connectivity index (χ2n) is 3.61. The average molecular weight is 227 g/mol. The van der Waals surface area contributed by atoms with Gasteiger partial charge in [-0.25, -0.2) is 0 Å². The van der Waals surface area contributed by atoms with Gasteiger partial charge in [-0.3, -0.25) is 9.48 Å². The number of nitrogens with one attached hydrogen (secondary N) is 1. The number of nitrogens with zero attached hydrogens (tertiary/aromatic N) is 2. The quantitative estimate of drug-likeness (QED) is 0.643. The fourth-order valence-electron chi connectivity index (χ4n) is 1.56. The number of rotatable bonds is 4. The van der Waals surface area contributed by atoms with E-state index < -0.39 is 0 Å². The van der Waals surface area contributed by atoms with Crippen LogP contribution in [0.4, 0.5) is 5.69 Å². The Kier molecular flexibility index (Phi) is 3.05. The molecule has 2 aromatic rings. The minimum atomic E-state index is -0.227. The molecule has 0 unspecified atom stereocenters. The summed E-state index contributed by atoms with van der Waals surface area (Å²) in [6.45, 7) is 7.74. The van der Waals surface area contributed by atoms with Crippen LogP contribution in [-0.2, 0) is 11.3 Å². The van der Waals surface area contributed by atoms with Gasteiger partial charge in [0, 0.05) is 17.3 Å². The van der Waals surface area contributed by atoms with Crippen LogP contribution < -0.4 is 5.32 Å². The maximum absolute atomic E-state index is 11.2. The highest BCUT2D eigenvalue weighted by Crippen LogP contribution is 2.17. The molecule has 0 aliphatic heterocycles. The fraction of sp³-hybridized carbons (Fsp3) is 0.0769. The standard InChI is InChI=1S/C13H13N3O/c1-3-7-16-9-10-5-6-11(8-12(10)15-16)14-13(17)4-2/h3-6,8-9H,1-2,7H2,(H,14,17). The second-order valence-corrected chi connectivity index (χ2v) is 3.61. The molecule has 0 bridgehead atoms. The van der Waals surface area contributed by atoms with E-state index in [1.54, 1.807) is 10.8 Å². The molecular formula is C13H13N3O. The Morgan fingerprint density at radius 2 is 2.29 bits per heavy atom. The smallest absolute Gasteiger partial charge is 0.247 e. The molecule has 0 fully saturated rings. The first-order valence-corrected chi connectivity index (χ1v) is 5.24. The lowest BCUT2D eigenvalue weighted by atomic mass is 10.2. The first-order chi connectivity index (χ1) is 8.22. The molecule has 1 aromatic carbocycles. The summed E-state index contributed by atoms with van der Waals surface area (Å²) in [6.07, 6.45) is 4.96. The lowest BCUT2D eigenvalue weighted by molar-refractivity contribution is -0.111. The molecule has 1 aromatic heterocycles. The Morgan fingerprint density at radius 3 is 3.00 bits per heavy atom. The van der Waals surface area contributed by atoms with Gasteiger partial charge in [0.25, 0.3) is 0 Å². The van der Waals surface area contributed by atoms with Crippen molar-refractivity contribution in [1.29, 1.82) is 0 Å². The van der Waals surface area contributed by atoms with E-state index in [9.17, 15) is 4.79 Å².